The van der Waals surface area contributed by atoms with Gasteiger partial charge in [-0.15, -0.1) is 0 Å². The Morgan fingerprint density at radius 1 is 1.09 bits per heavy atom. The van der Waals surface area contributed by atoms with Gasteiger partial charge >= 0.3 is 0 Å². The Labute approximate surface area is 206 Å². The topological polar surface area (TPSA) is 70.7 Å². The van der Waals surface area contributed by atoms with Gasteiger partial charge in [-0.2, -0.15) is 0 Å². The van der Waals surface area contributed by atoms with Gasteiger partial charge in [0.25, 0.3) is 5.91 Å². The number of nitrogens with one attached hydrogen (secondary N) is 2. The van der Waals surface area contributed by atoms with Crippen molar-refractivity contribution < 1.29 is 14.3 Å². The number of likely N-dealkylation sites (tertiary alicyclic amines) is 1. The van der Waals surface area contributed by atoms with Crippen molar-refractivity contribution >= 4 is 29.1 Å². The first-order valence-electron chi connectivity index (χ1n) is 12.3. The van der Waals surface area contributed by atoms with Crippen LogP contribution < -0.4 is 10.6 Å². The van der Waals surface area contributed by atoms with E-state index in [1.807, 2.05) is 12.1 Å². The SMILES string of the molecule is COC[C@@H]1Nc2ccccc2[C@H]2[C@@H]1CCN2C(=O)[C@H]1CCCC[C@H]1NC(=O)c1ccc(Cl)cc1. The van der Waals surface area contributed by atoms with Gasteiger partial charge in [0.2, 0.25) is 5.91 Å². The Bertz CT molecular complexity index is 1040. The largest absolute Gasteiger partial charge is 0.383 e. The highest BCUT2D eigenvalue weighted by molar-refractivity contribution is 6.30. The van der Waals surface area contributed by atoms with E-state index in [-0.39, 0.29) is 35.9 Å². The van der Waals surface area contributed by atoms with Crippen molar-refractivity contribution in [3.8, 4) is 0 Å². The predicted molar refractivity (Wildman–Crippen MR) is 133 cm³/mol. The lowest BCUT2D eigenvalue weighted by molar-refractivity contribution is -0.139. The highest BCUT2D eigenvalue weighted by Gasteiger charge is 2.48. The lowest BCUT2D eigenvalue weighted by Crippen LogP contribution is -2.50. The summed E-state index contributed by atoms with van der Waals surface area (Å²) >= 11 is 5.97. The number of rotatable bonds is 5. The number of ether oxygens (including phenoxy) is 1. The van der Waals surface area contributed by atoms with Crippen LogP contribution >= 0.6 is 11.6 Å². The van der Waals surface area contributed by atoms with E-state index >= 15 is 0 Å². The number of benzene rings is 2. The van der Waals surface area contributed by atoms with Crippen molar-refractivity contribution in [1.82, 2.24) is 10.2 Å². The molecule has 7 heteroatoms. The Morgan fingerprint density at radius 2 is 1.85 bits per heavy atom. The lowest BCUT2D eigenvalue weighted by Gasteiger charge is -2.41. The quantitative estimate of drug-likeness (QED) is 0.651. The molecule has 6 nitrogen and oxygen atoms in total. The molecular formula is C27H32ClN3O3. The number of hydrogen-bond donors (Lipinski definition) is 2. The fraction of sp³-hybridized carbons (Fsp3) is 0.481. The van der Waals surface area contributed by atoms with Gasteiger partial charge in [0.15, 0.2) is 0 Å². The number of methoxy groups -OCH3 is 1. The summed E-state index contributed by atoms with van der Waals surface area (Å²) in [5, 5.41) is 7.40. The molecule has 3 aliphatic rings. The average molecular weight is 482 g/mol. The predicted octanol–water partition coefficient (Wildman–Crippen LogP) is 4.66. The number of amides is 2. The van der Waals surface area contributed by atoms with Gasteiger partial charge in [-0.05, 0) is 55.2 Å². The molecule has 0 spiro atoms. The van der Waals surface area contributed by atoms with Gasteiger partial charge in [-0.3, -0.25) is 9.59 Å². The molecular weight excluding hydrogens is 450 g/mol. The number of halogens is 1. The molecule has 5 rings (SSSR count). The number of nitrogens with zero attached hydrogens (tertiary/aromatic N) is 1. The Balaban J connectivity index is 1.37. The summed E-state index contributed by atoms with van der Waals surface area (Å²) in [7, 11) is 1.73. The van der Waals surface area contributed by atoms with Gasteiger partial charge in [0, 0.05) is 41.9 Å². The van der Waals surface area contributed by atoms with Crippen LogP contribution in [0.15, 0.2) is 48.5 Å². The number of carbonyl (C=O) groups excluding carboxylic acids is 2. The summed E-state index contributed by atoms with van der Waals surface area (Å²) in [5.41, 5.74) is 2.84. The van der Waals surface area contributed by atoms with E-state index in [9.17, 15) is 9.59 Å². The van der Waals surface area contributed by atoms with E-state index in [1.54, 1.807) is 31.4 Å². The monoisotopic (exact) mass is 481 g/mol. The van der Waals surface area contributed by atoms with E-state index < -0.39 is 0 Å². The molecule has 2 N–H and O–H groups in total. The average Bonchev–Trinajstić information content (AvgIpc) is 3.30. The van der Waals surface area contributed by atoms with Crippen molar-refractivity contribution in [3.63, 3.8) is 0 Å². The van der Waals surface area contributed by atoms with Crippen LogP contribution in [0.2, 0.25) is 5.02 Å². The lowest BCUT2D eigenvalue weighted by atomic mass is 9.81. The zero-order valence-corrected chi connectivity index (χ0v) is 20.3. The number of anilines is 1. The molecule has 0 radical (unpaired) electrons. The molecule has 1 saturated heterocycles. The normalized spacial score (nSPS) is 27.9. The van der Waals surface area contributed by atoms with Crippen molar-refractivity contribution in [2.75, 3.05) is 25.6 Å². The van der Waals surface area contributed by atoms with E-state index in [4.69, 9.17) is 16.3 Å². The van der Waals surface area contributed by atoms with Crippen molar-refractivity contribution in [2.24, 2.45) is 11.8 Å². The summed E-state index contributed by atoms with van der Waals surface area (Å²) in [6.07, 6.45) is 4.60. The van der Waals surface area contributed by atoms with Crippen LogP contribution in [0.3, 0.4) is 0 Å². The standard InChI is InChI=1S/C27H32ClN3O3/c1-34-16-24-20-14-15-31(25(20)19-6-2-4-8-22(19)29-24)27(33)21-7-3-5-9-23(21)30-26(32)17-10-12-18(28)13-11-17/h2,4,6,8,10-13,20-21,23-25,29H,3,5,7,9,14-16H2,1H3,(H,30,32)/t20-,21+,23-,24+,25+/m1/s1. The van der Waals surface area contributed by atoms with Crippen LogP contribution in [-0.2, 0) is 9.53 Å². The number of fused-ring (bicyclic) bond motifs is 3. The fourth-order valence-corrected chi connectivity index (χ4v) is 6.21. The van der Waals surface area contributed by atoms with E-state index in [1.165, 1.54) is 5.56 Å². The van der Waals surface area contributed by atoms with Gasteiger partial charge in [0.05, 0.1) is 24.6 Å². The van der Waals surface area contributed by atoms with Crippen LogP contribution in [-0.4, -0.2) is 49.1 Å². The molecule has 0 unspecified atom stereocenters. The molecule has 1 saturated carbocycles. The summed E-state index contributed by atoms with van der Waals surface area (Å²) in [5.74, 6) is 0.130. The van der Waals surface area contributed by atoms with Crippen molar-refractivity contribution in [3.05, 3.63) is 64.7 Å². The Hall–Kier alpha value is -2.57. The smallest absolute Gasteiger partial charge is 0.251 e. The third-order valence-electron chi connectivity index (χ3n) is 7.72. The molecule has 1 aliphatic carbocycles. The second-order valence-corrected chi connectivity index (χ2v) is 10.1. The van der Waals surface area contributed by atoms with Gasteiger partial charge in [-0.25, -0.2) is 0 Å². The summed E-state index contributed by atoms with van der Waals surface area (Å²) in [6, 6.07) is 15.2. The molecule has 34 heavy (non-hydrogen) atoms. The first-order valence-corrected chi connectivity index (χ1v) is 12.7. The second-order valence-electron chi connectivity index (χ2n) is 9.70. The highest BCUT2D eigenvalue weighted by atomic mass is 35.5. The van der Waals surface area contributed by atoms with Crippen LogP contribution in [0.1, 0.15) is 54.1 Å². The zero-order valence-electron chi connectivity index (χ0n) is 19.5. The Kier molecular flexibility index (Phi) is 6.79. The fourth-order valence-electron chi connectivity index (χ4n) is 6.09. The molecule has 5 atom stereocenters. The third kappa shape index (κ3) is 4.41. The van der Waals surface area contributed by atoms with E-state index in [0.717, 1.165) is 44.3 Å². The van der Waals surface area contributed by atoms with Gasteiger partial charge < -0.3 is 20.3 Å². The number of carbonyl (C=O) groups is 2. The first kappa shape index (κ1) is 23.2. The molecule has 0 bridgehead atoms. The molecule has 2 fully saturated rings. The number of hydrogen-bond acceptors (Lipinski definition) is 4. The Morgan fingerprint density at radius 3 is 2.65 bits per heavy atom. The minimum absolute atomic E-state index is 0.0413. The van der Waals surface area contributed by atoms with Crippen LogP contribution in [0.25, 0.3) is 0 Å². The minimum Gasteiger partial charge on any atom is -0.383 e. The molecule has 2 heterocycles. The number of para-hydroxylation sites is 1. The maximum Gasteiger partial charge on any atom is 0.251 e. The summed E-state index contributed by atoms with van der Waals surface area (Å²) in [6.45, 7) is 1.35. The maximum absolute atomic E-state index is 14.0. The minimum atomic E-state index is -0.202. The van der Waals surface area contributed by atoms with E-state index in [0.29, 0.717) is 23.1 Å². The molecule has 2 aliphatic heterocycles. The molecule has 2 aromatic rings. The molecule has 180 valence electrons. The van der Waals surface area contributed by atoms with Crippen molar-refractivity contribution in [1.29, 1.82) is 0 Å². The van der Waals surface area contributed by atoms with Crippen LogP contribution in [0, 0.1) is 11.8 Å². The maximum atomic E-state index is 14.0. The van der Waals surface area contributed by atoms with Gasteiger partial charge in [0.1, 0.15) is 0 Å². The molecule has 2 amide bonds. The van der Waals surface area contributed by atoms with Crippen LogP contribution in [0.5, 0.6) is 0 Å². The van der Waals surface area contributed by atoms with Crippen LogP contribution in [0.4, 0.5) is 5.69 Å². The summed E-state index contributed by atoms with van der Waals surface area (Å²) < 4.78 is 5.51. The van der Waals surface area contributed by atoms with Crippen molar-refractivity contribution in [2.45, 2.75) is 50.2 Å². The molecule has 0 aromatic heterocycles. The summed E-state index contributed by atoms with van der Waals surface area (Å²) in [4.78, 5) is 29.0. The molecule has 2 aromatic carbocycles. The van der Waals surface area contributed by atoms with Gasteiger partial charge in [-0.1, -0.05) is 42.6 Å². The first-order chi connectivity index (χ1) is 16.6. The van der Waals surface area contributed by atoms with E-state index in [2.05, 4.69) is 27.7 Å². The second kappa shape index (κ2) is 9.96. The highest BCUT2D eigenvalue weighted by Crippen LogP contribution is 2.47. The third-order valence-corrected chi connectivity index (χ3v) is 7.97. The zero-order chi connectivity index (χ0) is 23.7.